The summed E-state index contributed by atoms with van der Waals surface area (Å²) in [5.74, 6) is 1.48. The SMILES string of the molecule is CC(C)C1CC1(CC(F)F)C(C)C. The zero-order chi connectivity index (χ0) is 10.2. The molecule has 0 saturated heterocycles. The molecule has 0 amide bonds. The van der Waals surface area contributed by atoms with Crippen LogP contribution in [0, 0.1) is 23.2 Å². The van der Waals surface area contributed by atoms with Crippen LogP contribution in [0.15, 0.2) is 0 Å². The summed E-state index contributed by atoms with van der Waals surface area (Å²) in [6.45, 7) is 8.43. The van der Waals surface area contributed by atoms with E-state index in [2.05, 4.69) is 27.7 Å². The second-order valence-corrected chi connectivity index (χ2v) is 5.04. The molecule has 0 aromatic carbocycles. The lowest BCUT2D eigenvalue weighted by atomic mass is 9.84. The van der Waals surface area contributed by atoms with Crippen molar-refractivity contribution >= 4 is 0 Å². The second kappa shape index (κ2) is 3.55. The Kier molecular flexibility index (Phi) is 2.98. The van der Waals surface area contributed by atoms with Crippen LogP contribution in [-0.4, -0.2) is 6.43 Å². The Labute approximate surface area is 79.7 Å². The van der Waals surface area contributed by atoms with Gasteiger partial charge in [-0.05, 0) is 29.6 Å². The van der Waals surface area contributed by atoms with E-state index in [4.69, 9.17) is 0 Å². The summed E-state index contributed by atoms with van der Waals surface area (Å²) >= 11 is 0. The minimum Gasteiger partial charge on any atom is -0.211 e. The van der Waals surface area contributed by atoms with E-state index in [0.29, 0.717) is 17.8 Å². The Balaban J connectivity index is 2.60. The third-order valence-electron chi connectivity index (χ3n) is 3.67. The Morgan fingerprint density at radius 3 is 2.00 bits per heavy atom. The van der Waals surface area contributed by atoms with Gasteiger partial charge >= 0.3 is 0 Å². The summed E-state index contributed by atoms with van der Waals surface area (Å²) in [7, 11) is 0. The van der Waals surface area contributed by atoms with Gasteiger partial charge in [0, 0.05) is 6.42 Å². The van der Waals surface area contributed by atoms with Gasteiger partial charge in [0.25, 0.3) is 0 Å². The summed E-state index contributed by atoms with van der Waals surface area (Å²) in [6.07, 6.45) is -1.02. The monoisotopic (exact) mass is 190 g/mol. The van der Waals surface area contributed by atoms with Gasteiger partial charge < -0.3 is 0 Å². The lowest BCUT2D eigenvalue weighted by Gasteiger charge is -2.22. The molecule has 0 aromatic rings. The summed E-state index contributed by atoms with van der Waals surface area (Å²) in [5, 5.41) is 0. The normalized spacial score (nSPS) is 33.5. The van der Waals surface area contributed by atoms with E-state index in [1.54, 1.807) is 0 Å². The fourth-order valence-electron chi connectivity index (χ4n) is 2.67. The summed E-state index contributed by atoms with van der Waals surface area (Å²) in [5.41, 5.74) is -0.0394. The quantitative estimate of drug-likeness (QED) is 0.629. The molecular weight excluding hydrogens is 170 g/mol. The zero-order valence-corrected chi connectivity index (χ0v) is 8.98. The fourth-order valence-corrected chi connectivity index (χ4v) is 2.67. The van der Waals surface area contributed by atoms with Gasteiger partial charge in [-0.25, -0.2) is 8.78 Å². The van der Waals surface area contributed by atoms with Crippen LogP contribution in [0.1, 0.15) is 40.5 Å². The molecule has 0 heterocycles. The molecule has 2 heteroatoms. The van der Waals surface area contributed by atoms with Gasteiger partial charge in [0.15, 0.2) is 0 Å². The maximum atomic E-state index is 12.4. The minimum atomic E-state index is -2.13. The molecule has 2 atom stereocenters. The molecule has 13 heavy (non-hydrogen) atoms. The van der Waals surface area contributed by atoms with E-state index < -0.39 is 6.43 Å². The number of rotatable bonds is 4. The lowest BCUT2D eigenvalue weighted by molar-refractivity contribution is 0.0839. The van der Waals surface area contributed by atoms with Gasteiger partial charge in [0.05, 0.1) is 0 Å². The van der Waals surface area contributed by atoms with Crippen LogP contribution in [0.25, 0.3) is 0 Å². The molecular formula is C11H20F2. The van der Waals surface area contributed by atoms with Crippen molar-refractivity contribution in [2.45, 2.75) is 47.0 Å². The number of alkyl halides is 2. The predicted octanol–water partition coefficient (Wildman–Crippen LogP) is 3.96. The minimum absolute atomic E-state index is 0.0394. The van der Waals surface area contributed by atoms with Crippen LogP contribution in [-0.2, 0) is 0 Å². The molecule has 0 spiro atoms. The first-order valence-corrected chi connectivity index (χ1v) is 5.18. The summed E-state index contributed by atoms with van der Waals surface area (Å²) < 4.78 is 24.7. The first kappa shape index (κ1) is 10.9. The lowest BCUT2D eigenvalue weighted by Crippen LogP contribution is -2.18. The van der Waals surface area contributed by atoms with Crippen molar-refractivity contribution < 1.29 is 8.78 Å². The van der Waals surface area contributed by atoms with Crippen molar-refractivity contribution in [3.8, 4) is 0 Å². The van der Waals surface area contributed by atoms with Crippen molar-refractivity contribution in [2.24, 2.45) is 23.2 Å². The maximum Gasteiger partial charge on any atom is 0.239 e. The van der Waals surface area contributed by atoms with Crippen LogP contribution in [0.4, 0.5) is 8.78 Å². The Hall–Kier alpha value is -0.140. The summed E-state index contributed by atoms with van der Waals surface area (Å²) in [4.78, 5) is 0. The van der Waals surface area contributed by atoms with Gasteiger partial charge in [-0.3, -0.25) is 0 Å². The maximum absolute atomic E-state index is 12.4. The predicted molar refractivity (Wildman–Crippen MR) is 50.8 cm³/mol. The first-order valence-electron chi connectivity index (χ1n) is 5.18. The van der Waals surface area contributed by atoms with Crippen LogP contribution < -0.4 is 0 Å². The van der Waals surface area contributed by atoms with Gasteiger partial charge in [0.1, 0.15) is 0 Å². The smallest absolute Gasteiger partial charge is 0.211 e. The highest BCUT2D eigenvalue weighted by Crippen LogP contribution is 2.63. The molecule has 1 rings (SSSR count). The molecule has 1 aliphatic rings. The number of hydrogen-bond acceptors (Lipinski definition) is 0. The third kappa shape index (κ3) is 2.03. The Morgan fingerprint density at radius 2 is 1.77 bits per heavy atom. The third-order valence-corrected chi connectivity index (χ3v) is 3.67. The number of halogens is 2. The standard InChI is InChI=1S/C11H20F2/c1-7(2)9-5-11(9,8(3)4)6-10(12)13/h7-10H,5-6H2,1-4H3. The summed E-state index contributed by atoms with van der Waals surface area (Å²) in [6, 6.07) is 0. The van der Waals surface area contributed by atoms with Crippen LogP contribution >= 0.6 is 0 Å². The van der Waals surface area contributed by atoms with Gasteiger partial charge in [-0.15, -0.1) is 0 Å². The van der Waals surface area contributed by atoms with Crippen LogP contribution in [0.5, 0.6) is 0 Å². The van der Waals surface area contributed by atoms with Crippen LogP contribution in [0.2, 0.25) is 0 Å². The van der Waals surface area contributed by atoms with E-state index in [-0.39, 0.29) is 11.8 Å². The van der Waals surface area contributed by atoms with Crippen molar-refractivity contribution in [1.29, 1.82) is 0 Å². The van der Waals surface area contributed by atoms with E-state index in [9.17, 15) is 8.78 Å². The average Bonchev–Trinajstić information content (AvgIpc) is 2.62. The molecule has 1 fully saturated rings. The van der Waals surface area contributed by atoms with E-state index >= 15 is 0 Å². The van der Waals surface area contributed by atoms with E-state index in [0.717, 1.165) is 6.42 Å². The molecule has 0 aliphatic heterocycles. The van der Waals surface area contributed by atoms with Crippen LogP contribution in [0.3, 0.4) is 0 Å². The Morgan fingerprint density at radius 1 is 1.23 bits per heavy atom. The highest BCUT2D eigenvalue weighted by atomic mass is 19.3. The highest BCUT2D eigenvalue weighted by Gasteiger charge is 2.57. The zero-order valence-electron chi connectivity index (χ0n) is 8.98. The molecule has 0 nitrogen and oxygen atoms in total. The van der Waals surface area contributed by atoms with Gasteiger partial charge in [-0.1, -0.05) is 27.7 Å². The van der Waals surface area contributed by atoms with Gasteiger partial charge in [0.2, 0.25) is 6.43 Å². The average molecular weight is 190 g/mol. The topological polar surface area (TPSA) is 0 Å². The molecule has 78 valence electrons. The van der Waals surface area contributed by atoms with Gasteiger partial charge in [-0.2, -0.15) is 0 Å². The molecule has 1 aliphatic carbocycles. The van der Waals surface area contributed by atoms with E-state index in [1.165, 1.54) is 0 Å². The molecule has 0 aromatic heterocycles. The number of hydrogen-bond donors (Lipinski definition) is 0. The molecule has 0 radical (unpaired) electrons. The molecule has 0 bridgehead atoms. The molecule has 1 saturated carbocycles. The molecule has 2 unspecified atom stereocenters. The Bertz CT molecular complexity index is 175. The first-order chi connectivity index (χ1) is 5.90. The van der Waals surface area contributed by atoms with Crippen molar-refractivity contribution in [1.82, 2.24) is 0 Å². The van der Waals surface area contributed by atoms with E-state index in [1.807, 2.05) is 0 Å². The van der Waals surface area contributed by atoms with Crippen molar-refractivity contribution in [3.05, 3.63) is 0 Å². The largest absolute Gasteiger partial charge is 0.239 e. The van der Waals surface area contributed by atoms with Crippen molar-refractivity contribution in [3.63, 3.8) is 0 Å². The van der Waals surface area contributed by atoms with Crippen molar-refractivity contribution in [2.75, 3.05) is 0 Å². The highest BCUT2D eigenvalue weighted by molar-refractivity contribution is 5.05. The fraction of sp³-hybridized carbons (Fsp3) is 1.00. The molecule has 0 N–H and O–H groups in total. The second-order valence-electron chi connectivity index (χ2n) is 5.04.